The molecule has 0 aliphatic carbocycles. The fourth-order valence-corrected chi connectivity index (χ4v) is 2.51. The Morgan fingerprint density at radius 3 is 2.87 bits per heavy atom. The normalized spacial score (nSPS) is 17.0. The fraction of sp³-hybridized carbons (Fsp3) is 0.294. The number of likely N-dealkylation sites (tertiary alicyclic amines) is 1. The lowest BCUT2D eigenvalue weighted by atomic mass is 10.2. The summed E-state index contributed by atoms with van der Waals surface area (Å²) >= 11 is 0. The Labute approximate surface area is 134 Å². The van der Waals surface area contributed by atoms with E-state index in [1.165, 1.54) is 6.20 Å². The summed E-state index contributed by atoms with van der Waals surface area (Å²) in [6, 6.07) is 8.97. The fourth-order valence-electron chi connectivity index (χ4n) is 2.51. The zero-order valence-corrected chi connectivity index (χ0v) is 12.6. The summed E-state index contributed by atoms with van der Waals surface area (Å²) in [4.78, 5) is 22.1. The van der Waals surface area contributed by atoms with Crippen molar-refractivity contribution in [2.45, 2.75) is 19.1 Å². The second kappa shape index (κ2) is 6.99. The van der Waals surface area contributed by atoms with Gasteiger partial charge in [-0.2, -0.15) is 5.26 Å². The number of aromatic nitrogens is 2. The van der Waals surface area contributed by atoms with Gasteiger partial charge in [-0.15, -0.1) is 0 Å². The zero-order valence-electron chi connectivity index (χ0n) is 12.6. The number of hydrogen-bond donors (Lipinski definition) is 0. The molecule has 3 rings (SSSR count). The molecule has 116 valence electrons. The molecule has 6 heteroatoms. The molecule has 6 nitrogen and oxygen atoms in total. The van der Waals surface area contributed by atoms with E-state index < -0.39 is 0 Å². The lowest BCUT2D eigenvalue weighted by Crippen LogP contribution is -2.30. The summed E-state index contributed by atoms with van der Waals surface area (Å²) in [5, 5.41) is 8.74. The molecule has 1 aliphatic rings. The van der Waals surface area contributed by atoms with Crippen molar-refractivity contribution in [2.75, 3.05) is 13.1 Å². The van der Waals surface area contributed by atoms with Gasteiger partial charge in [0.1, 0.15) is 11.8 Å². The minimum absolute atomic E-state index is 0.0402. The standard InChI is InChI=1S/C17H16N4O2/c18-9-15-2-1-14(10-20-15)17(22)21-8-5-16(11-21)23-12-13-3-6-19-7-4-13/h1-4,6-7,10,16H,5,8,11-12H2. The first kappa shape index (κ1) is 15.1. The number of nitriles is 1. The van der Waals surface area contributed by atoms with Gasteiger partial charge in [-0.1, -0.05) is 0 Å². The molecule has 0 spiro atoms. The van der Waals surface area contributed by atoms with Gasteiger partial charge < -0.3 is 9.64 Å². The second-order valence-electron chi connectivity index (χ2n) is 5.37. The van der Waals surface area contributed by atoms with E-state index >= 15 is 0 Å². The lowest BCUT2D eigenvalue weighted by molar-refractivity contribution is 0.0437. The van der Waals surface area contributed by atoms with Crippen LogP contribution < -0.4 is 0 Å². The SMILES string of the molecule is N#Cc1ccc(C(=O)N2CCC(OCc3ccncc3)C2)cn1. The Morgan fingerprint density at radius 1 is 1.35 bits per heavy atom. The molecule has 1 aliphatic heterocycles. The Balaban J connectivity index is 1.54. The van der Waals surface area contributed by atoms with Crippen LogP contribution >= 0.6 is 0 Å². The van der Waals surface area contributed by atoms with E-state index in [0.29, 0.717) is 31.0 Å². The van der Waals surface area contributed by atoms with Crippen molar-refractivity contribution in [2.24, 2.45) is 0 Å². The maximum atomic E-state index is 12.4. The number of carbonyl (C=O) groups excluding carboxylic acids is 1. The third-order valence-electron chi connectivity index (χ3n) is 3.79. The topological polar surface area (TPSA) is 79.1 Å². The zero-order chi connectivity index (χ0) is 16.1. The molecule has 2 aromatic heterocycles. The summed E-state index contributed by atoms with van der Waals surface area (Å²) in [5.74, 6) is -0.0722. The third-order valence-corrected chi connectivity index (χ3v) is 3.79. The van der Waals surface area contributed by atoms with E-state index in [4.69, 9.17) is 10.00 Å². The Bertz CT molecular complexity index is 710. The predicted octanol–water partition coefficient (Wildman–Crippen LogP) is 1.78. The minimum Gasteiger partial charge on any atom is -0.372 e. The number of carbonyl (C=O) groups is 1. The van der Waals surface area contributed by atoms with Crippen LogP contribution in [0.3, 0.4) is 0 Å². The molecular formula is C17H16N4O2. The van der Waals surface area contributed by atoms with Crippen LogP contribution in [0.2, 0.25) is 0 Å². The van der Waals surface area contributed by atoms with Crippen molar-refractivity contribution in [1.29, 1.82) is 5.26 Å². The van der Waals surface area contributed by atoms with E-state index in [2.05, 4.69) is 9.97 Å². The smallest absolute Gasteiger partial charge is 0.255 e. The molecule has 23 heavy (non-hydrogen) atoms. The summed E-state index contributed by atoms with van der Waals surface area (Å²) < 4.78 is 5.86. The first-order valence-corrected chi connectivity index (χ1v) is 7.42. The van der Waals surface area contributed by atoms with Crippen LogP contribution in [0, 0.1) is 11.3 Å². The maximum Gasteiger partial charge on any atom is 0.255 e. The van der Waals surface area contributed by atoms with Crippen molar-refractivity contribution in [3.63, 3.8) is 0 Å². The van der Waals surface area contributed by atoms with Gasteiger partial charge in [0.25, 0.3) is 5.91 Å². The van der Waals surface area contributed by atoms with Crippen LogP contribution in [0.1, 0.15) is 28.0 Å². The van der Waals surface area contributed by atoms with E-state index in [1.807, 2.05) is 18.2 Å². The molecule has 0 radical (unpaired) electrons. The highest BCUT2D eigenvalue weighted by molar-refractivity contribution is 5.94. The Kier molecular flexibility index (Phi) is 4.60. The van der Waals surface area contributed by atoms with Crippen molar-refractivity contribution >= 4 is 5.91 Å². The summed E-state index contributed by atoms with van der Waals surface area (Å²) in [7, 11) is 0. The molecule has 1 amide bonds. The number of hydrogen-bond acceptors (Lipinski definition) is 5. The highest BCUT2D eigenvalue weighted by atomic mass is 16.5. The molecule has 0 saturated carbocycles. The molecule has 2 aromatic rings. The van der Waals surface area contributed by atoms with Crippen LogP contribution in [0.15, 0.2) is 42.9 Å². The Morgan fingerprint density at radius 2 is 2.17 bits per heavy atom. The molecule has 1 unspecified atom stereocenters. The number of pyridine rings is 2. The van der Waals surface area contributed by atoms with E-state index in [0.717, 1.165) is 12.0 Å². The largest absolute Gasteiger partial charge is 0.372 e. The molecule has 0 bridgehead atoms. The van der Waals surface area contributed by atoms with Gasteiger partial charge in [0.2, 0.25) is 0 Å². The van der Waals surface area contributed by atoms with Crippen LogP contribution in [-0.2, 0) is 11.3 Å². The molecule has 0 aromatic carbocycles. The number of rotatable bonds is 4. The van der Waals surface area contributed by atoms with Gasteiger partial charge in [-0.3, -0.25) is 9.78 Å². The number of ether oxygens (including phenoxy) is 1. The molecular weight excluding hydrogens is 292 g/mol. The predicted molar refractivity (Wildman–Crippen MR) is 82.3 cm³/mol. The monoisotopic (exact) mass is 308 g/mol. The third kappa shape index (κ3) is 3.71. The molecule has 0 N–H and O–H groups in total. The van der Waals surface area contributed by atoms with E-state index in [-0.39, 0.29) is 12.0 Å². The van der Waals surface area contributed by atoms with Gasteiger partial charge in [-0.05, 0) is 36.2 Å². The summed E-state index contributed by atoms with van der Waals surface area (Å²) in [6.45, 7) is 1.76. The van der Waals surface area contributed by atoms with Gasteiger partial charge in [0.15, 0.2) is 0 Å². The van der Waals surface area contributed by atoms with Crippen LogP contribution in [-0.4, -0.2) is 40.0 Å². The van der Waals surface area contributed by atoms with Crippen LogP contribution in [0.5, 0.6) is 0 Å². The van der Waals surface area contributed by atoms with Crippen molar-refractivity contribution in [1.82, 2.24) is 14.9 Å². The molecule has 1 saturated heterocycles. The number of nitrogens with zero attached hydrogens (tertiary/aromatic N) is 4. The Hall–Kier alpha value is -2.78. The van der Waals surface area contributed by atoms with Crippen molar-refractivity contribution in [3.8, 4) is 6.07 Å². The van der Waals surface area contributed by atoms with Crippen molar-refractivity contribution in [3.05, 3.63) is 59.7 Å². The molecule has 1 fully saturated rings. The highest BCUT2D eigenvalue weighted by Gasteiger charge is 2.27. The summed E-state index contributed by atoms with van der Waals surface area (Å²) in [5.41, 5.74) is 1.88. The maximum absolute atomic E-state index is 12.4. The molecule has 1 atom stereocenters. The quantitative estimate of drug-likeness (QED) is 0.860. The average Bonchev–Trinajstić information content (AvgIpc) is 3.09. The van der Waals surface area contributed by atoms with E-state index in [1.54, 1.807) is 29.4 Å². The minimum atomic E-state index is -0.0722. The van der Waals surface area contributed by atoms with Gasteiger partial charge >= 0.3 is 0 Å². The number of amides is 1. The van der Waals surface area contributed by atoms with Crippen molar-refractivity contribution < 1.29 is 9.53 Å². The first-order chi connectivity index (χ1) is 11.3. The highest BCUT2D eigenvalue weighted by Crippen LogP contribution is 2.17. The molecule has 3 heterocycles. The first-order valence-electron chi connectivity index (χ1n) is 7.42. The average molecular weight is 308 g/mol. The summed E-state index contributed by atoms with van der Waals surface area (Å²) in [6.07, 6.45) is 5.78. The van der Waals surface area contributed by atoms with E-state index in [9.17, 15) is 4.79 Å². The van der Waals surface area contributed by atoms with Crippen LogP contribution in [0.4, 0.5) is 0 Å². The second-order valence-corrected chi connectivity index (χ2v) is 5.37. The van der Waals surface area contributed by atoms with Gasteiger partial charge in [-0.25, -0.2) is 4.98 Å². The van der Waals surface area contributed by atoms with Gasteiger partial charge in [0.05, 0.1) is 18.3 Å². The van der Waals surface area contributed by atoms with Crippen LogP contribution in [0.25, 0.3) is 0 Å². The lowest BCUT2D eigenvalue weighted by Gasteiger charge is -2.16. The van der Waals surface area contributed by atoms with Gasteiger partial charge in [0, 0.05) is 31.7 Å².